The minimum Gasteiger partial charge on any atom is -0.477 e. The van der Waals surface area contributed by atoms with Crippen LogP contribution in [0.4, 0.5) is 5.82 Å². The average Bonchev–Trinajstić information content (AvgIpc) is 2.55. The maximum absolute atomic E-state index is 6.15. The van der Waals surface area contributed by atoms with Gasteiger partial charge in [-0.25, -0.2) is 15.0 Å². The van der Waals surface area contributed by atoms with Gasteiger partial charge in [0.1, 0.15) is 11.3 Å². The molecule has 2 aromatic heterocycles. The van der Waals surface area contributed by atoms with Crippen molar-refractivity contribution in [1.29, 1.82) is 0 Å². The van der Waals surface area contributed by atoms with Crippen molar-refractivity contribution in [3.8, 4) is 5.88 Å². The van der Waals surface area contributed by atoms with Gasteiger partial charge in [0.15, 0.2) is 5.82 Å². The first-order chi connectivity index (χ1) is 10.7. The summed E-state index contributed by atoms with van der Waals surface area (Å²) in [6.07, 6.45) is 7.07. The predicted octanol–water partition coefficient (Wildman–Crippen LogP) is 3.13. The highest BCUT2D eigenvalue weighted by atomic mass is 35.5. The Morgan fingerprint density at radius 1 is 1.32 bits per heavy atom. The molecule has 5 nitrogen and oxygen atoms in total. The van der Waals surface area contributed by atoms with Crippen molar-refractivity contribution in [3.05, 3.63) is 41.4 Å². The first kappa shape index (κ1) is 15.0. The molecule has 2 aromatic rings. The number of hydrogen-bond acceptors (Lipinski definition) is 5. The minimum atomic E-state index is 0.540. The number of ether oxygens (including phenoxy) is 1. The van der Waals surface area contributed by atoms with Gasteiger partial charge in [-0.15, -0.1) is 0 Å². The molecule has 1 aliphatic rings. The summed E-state index contributed by atoms with van der Waals surface area (Å²) in [5.41, 5.74) is 1.08. The number of nitrogens with zero attached hydrogens (tertiary/aromatic N) is 4. The summed E-state index contributed by atoms with van der Waals surface area (Å²) in [4.78, 5) is 14.7. The molecule has 22 heavy (non-hydrogen) atoms. The van der Waals surface area contributed by atoms with Crippen LogP contribution in [0.3, 0.4) is 0 Å². The Morgan fingerprint density at radius 3 is 2.86 bits per heavy atom. The Kier molecular flexibility index (Phi) is 4.73. The molecule has 0 atom stereocenters. The summed E-state index contributed by atoms with van der Waals surface area (Å²) in [7, 11) is 0. The van der Waals surface area contributed by atoms with Gasteiger partial charge >= 0.3 is 0 Å². The fourth-order valence-corrected chi connectivity index (χ4v) is 2.89. The smallest absolute Gasteiger partial charge is 0.216 e. The fraction of sp³-hybridized carbons (Fsp3) is 0.438. The van der Waals surface area contributed by atoms with Gasteiger partial charge in [-0.05, 0) is 31.7 Å². The monoisotopic (exact) mass is 318 g/mol. The zero-order valence-corrected chi connectivity index (χ0v) is 13.3. The molecule has 0 bridgehead atoms. The van der Waals surface area contributed by atoms with Gasteiger partial charge in [-0.2, -0.15) is 0 Å². The number of hydrogen-bond donors (Lipinski definition) is 0. The van der Waals surface area contributed by atoms with Crippen LogP contribution in [0.25, 0.3) is 0 Å². The lowest BCUT2D eigenvalue weighted by Gasteiger charge is -2.32. The second-order valence-electron chi connectivity index (χ2n) is 5.56. The largest absolute Gasteiger partial charge is 0.477 e. The summed E-state index contributed by atoms with van der Waals surface area (Å²) in [6.45, 7) is 4.60. The van der Waals surface area contributed by atoms with Crippen molar-refractivity contribution in [1.82, 2.24) is 15.0 Å². The standard InChI is InChI=1S/C16H19ClN4O/c1-12-3-2-6-19-16(12)22-10-13-4-7-21(8-5-13)15-14(17)9-18-11-20-15/h2-3,6,9,11,13H,4-5,7-8,10H2,1H3. The quantitative estimate of drug-likeness (QED) is 0.867. The Balaban J connectivity index is 1.52. The van der Waals surface area contributed by atoms with E-state index >= 15 is 0 Å². The fourth-order valence-electron chi connectivity index (χ4n) is 2.67. The lowest BCUT2D eigenvalue weighted by Crippen LogP contribution is -2.36. The van der Waals surface area contributed by atoms with Crippen LogP contribution >= 0.6 is 11.6 Å². The summed E-state index contributed by atoms with van der Waals surface area (Å²) < 4.78 is 5.86. The molecule has 0 N–H and O–H groups in total. The molecular weight excluding hydrogens is 300 g/mol. The van der Waals surface area contributed by atoms with Crippen LogP contribution in [0.5, 0.6) is 5.88 Å². The second-order valence-corrected chi connectivity index (χ2v) is 5.97. The molecule has 1 fully saturated rings. The lowest BCUT2D eigenvalue weighted by atomic mass is 9.98. The van der Waals surface area contributed by atoms with E-state index in [4.69, 9.17) is 16.3 Å². The molecular formula is C16H19ClN4O. The minimum absolute atomic E-state index is 0.540. The molecule has 0 unspecified atom stereocenters. The number of pyridine rings is 1. The Hall–Kier alpha value is -1.88. The first-order valence-electron chi connectivity index (χ1n) is 7.49. The van der Waals surface area contributed by atoms with Crippen molar-refractivity contribution in [2.24, 2.45) is 5.92 Å². The molecule has 3 rings (SSSR count). The zero-order chi connectivity index (χ0) is 15.4. The molecule has 0 aromatic carbocycles. The van der Waals surface area contributed by atoms with E-state index in [0.29, 0.717) is 17.5 Å². The molecule has 0 spiro atoms. The molecule has 0 radical (unpaired) electrons. The normalized spacial score (nSPS) is 15.8. The van der Waals surface area contributed by atoms with Gasteiger partial charge in [-0.3, -0.25) is 0 Å². The van der Waals surface area contributed by atoms with Gasteiger partial charge < -0.3 is 9.64 Å². The SMILES string of the molecule is Cc1cccnc1OCC1CCN(c2ncncc2Cl)CC1. The van der Waals surface area contributed by atoms with E-state index in [-0.39, 0.29) is 0 Å². The summed E-state index contributed by atoms with van der Waals surface area (Å²) in [5, 5.41) is 0.612. The Bertz CT molecular complexity index is 629. The van der Waals surface area contributed by atoms with E-state index in [9.17, 15) is 0 Å². The van der Waals surface area contributed by atoms with E-state index in [2.05, 4.69) is 19.9 Å². The first-order valence-corrected chi connectivity index (χ1v) is 7.86. The predicted molar refractivity (Wildman–Crippen MR) is 86.4 cm³/mol. The number of aromatic nitrogens is 3. The number of anilines is 1. The van der Waals surface area contributed by atoms with Crippen molar-refractivity contribution in [3.63, 3.8) is 0 Å². The molecule has 3 heterocycles. The van der Waals surface area contributed by atoms with Crippen molar-refractivity contribution < 1.29 is 4.74 Å². The molecule has 0 aliphatic carbocycles. The van der Waals surface area contributed by atoms with Crippen LogP contribution in [0, 0.1) is 12.8 Å². The Morgan fingerprint density at radius 2 is 2.14 bits per heavy atom. The third kappa shape index (κ3) is 3.47. The molecule has 1 aliphatic heterocycles. The van der Waals surface area contributed by atoms with E-state index in [1.165, 1.54) is 0 Å². The highest BCUT2D eigenvalue weighted by molar-refractivity contribution is 6.32. The van der Waals surface area contributed by atoms with Crippen LogP contribution < -0.4 is 9.64 Å². The topological polar surface area (TPSA) is 51.1 Å². The van der Waals surface area contributed by atoms with Gasteiger partial charge in [-0.1, -0.05) is 17.7 Å². The average molecular weight is 319 g/mol. The van der Waals surface area contributed by atoms with Gasteiger partial charge in [0.2, 0.25) is 5.88 Å². The summed E-state index contributed by atoms with van der Waals surface area (Å²) >= 11 is 6.15. The van der Waals surface area contributed by atoms with Crippen LogP contribution in [-0.4, -0.2) is 34.6 Å². The maximum Gasteiger partial charge on any atom is 0.216 e. The van der Waals surface area contributed by atoms with Crippen LogP contribution in [0.15, 0.2) is 30.9 Å². The highest BCUT2D eigenvalue weighted by Crippen LogP contribution is 2.27. The van der Waals surface area contributed by atoms with Gasteiger partial charge in [0.05, 0.1) is 12.8 Å². The highest BCUT2D eigenvalue weighted by Gasteiger charge is 2.22. The van der Waals surface area contributed by atoms with Crippen molar-refractivity contribution >= 4 is 17.4 Å². The lowest BCUT2D eigenvalue weighted by molar-refractivity contribution is 0.214. The second kappa shape index (κ2) is 6.92. The molecule has 1 saturated heterocycles. The number of aryl methyl sites for hydroxylation is 1. The van der Waals surface area contributed by atoms with Crippen LogP contribution in [0.1, 0.15) is 18.4 Å². The summed E-state index contributed by atoms with van der Waals surface area (Å²) in [6, 6.07) is 3.94. The molecule has 6 heteroatoms. The Labute approximate surface area is 135 Å². The van der Waals surface area contributed by atoms with Crippen LogP contribution in [-0.2, 0) is 0 Å². The molecule has 116 valence electrons. The number of piperidine rings is 1. The summed E-state index contributed by atoms with van der Waals surface area (Å²) in [5.74, 6) is 2.11. The van der Waals surface area contributed by atoms with Gasteiger partial charge in [0, 0.05) is 24.8 Å². The third-order valence-corrected chi connectivity index (χ3v) is 4.25. The molecule has 0 saturated carbocycles. The number of halogens is 1. The van der Waals surface area contributed by atoms with E-state index in [1.807, 2.05) is 19.1 Å². The zero-order valence-electron chi connectivity index (χ0n) is 12.6. The van der Waals surface area contributed by atoms with Crippen LogP contribution in [0.2, 0.25) is 5.02 Å². The number of rotatable bonds is 4. The van der Waals surface area contributed by atoms with Crippen molar-refractivity contribution in [2.75, 3.05) is 24.6 Å². The molecule has 0 amide bonds. The van der Waals surface area contributed by atoms with E-state index in [0.717, 1.165) is 43.2 Å². The van der Waals surface area contributed by atoms with Gasteiger partial charge in [0.25, 0.3) is 0 Å². The maximum atomic E-state index is 6.15. The van der Waals surface area contributed by atoms with E-state index < -0.39 is 0 Å². The van der Waals surface area contributed by atoms with E-state index in [1.54, 1.807) is 18.7 Å². The third-order valence-electron chi connectivity index (χ3n) is 3.98. The van der Waals surface area contributed by atoms with Crippen molar-refractivity contribution in [2.45, 2.75) is 19.8 Å².